The van der Waals surface area contributed by atoms with Gasteiger partial charge in [-0.05, 0) is 18.4 Å². The molecule has 0 saturated heterocycles. The van der Waals surface area contributed by atoms with Gasteiger partial charge < -0.3 is 5.32 Å². The number of hydrogen-bond acceptors (Lipinski definition) is 4. The van der Waals surface area contributed by atoms with Gasteiger partial charge in [0.1, 0.15) is 0 Å². The van der Waals surface area contributed by atoms with Crippen molar-refractivity contribution in [2.24, 2.45) is 5.41 Å². The monoisotopic (exact) mass is 289 g/mol. The van der Waals surface area contributed by atoms with E-state index in [0.29, 0.717) is 11.6 Å². The van der Waals surface area contributed by atoms with E-state index in [4.69, 9.17) is 0 Å². The smallest absolute Gasteiger partial charge is 0.226 e. The number of aryl methyl sites for hydroxylation is 1. The third-order valence-electron chi connectivity index (χ3n) is 2.66. The Bertz CT molecular complexity index is 599. The minimum Gasteiger partial charge on any atom is -0.302 e. The molecule has 1 amide bonds. The molecule has 0 atom stereocenters. The Morgan fingerprint density at radius 2 is 2.15 bits per heavy atom. The fourth-order valence-electron chi connectivity index (χ4n) is 1.86. The van der Waals surface area contributed by atoms with Gasteiger partial charge in [-0.3, -0.25) is 9.78 Å². The maximum absolute atomic E-state index is 11.9. The molecule has 0 saturated carbocycles. The average molecular weight is 289 g/mol. The van der Waals surface area contributed by atoms with Crippen LogP contribution in [-0.4, -0.2) is 15.9 Å². The highest BCUT2D eigenvalue weighted by atomic mass is 32.1. The van der Waals surface area contributed by atoms with Crippen LogP contribution in [0.5, 0.6) is 0 Å². The summed E-state index contributed by atoms with van der Waals surface area (Å²) in [6.45, 7) is 8.07. The van der Waals surface area contributed by atoms with Gasteiger partial charge in [0.15, 0.2) is 5.13 Å². The quantitative estimate of drug-likeness (QED) is 0.932. The number of thiazole rings is 1. The zero-order chi connectivity index (χ0) is 14.8. The topological polar surface area (TPSA) is 54.9 Å². The van der Waals surface area contributed by atoms with Crippen LogP contribution >= 0.6 is 11.3 Å². The largest absolute Gasteiger partial charge is 0.302 e. The van der Waals surface area contributed by atoms with E-state index in [1.54, 1.807) is 12.4 Å². The van der Waals surface area contributed by atoms with Crippen molar-refractivity contribution in [2.45, 2.75) is 34.1 Å². The van der Waals surface area contributed by atoms with E-state index < -0.39 is 0 Å². The van der Waals surface area contributed by atoms with Crippen molar-refractivity contribution in [3.05, 3.63) is 30.2 Å². The van der Waals surface area contributed by atoms with E-state index in [1.165, 1.54) is 11.3 Å². The molecule has 0 unspecified atom stereocenters. The van der Waals surface area contributed by atoms with Crippen molar-refractivity contribution in [1.29, 1.82) is 0 Å². The highest BCUT2D eigenvalue weighted by Gasteiger charge is 2.18. The third kappa shape index (κ3) is 3.87. The van der Waals surface area contributed by atoms with Crippen molar-refractivity contribution in [2.75, 3.05) is 5.32 Å². The standard InChI is InChI=1S/C15H19N3OS/c1-10-13(11-6-5-7-16-9-11)20-14(17-10)18-12(19)8-15(2,3)4/h5-7,9H,8H2,1-4H3,(H,17,18,19). The Morgan fingerprint density at radius 3 is 2.75 bits per heavy atom. The highest BCUT2D eigenvalue weighted by molar-refractivity contribution is 7.19. The summed E-state index contributed by atoms with van der Waals surface area (Å²) >= 11 is 1.48. The van der Waals surface area contributed by atoms with Gasteiger partial charge in [0.25, 0.3) is 0 Å². The van der Waals surface area contributed by atoms with Gasteiger partial charge in [0.2, 0.25) is 5.91 Å². The molecule has 0 fully saturated rings. The Morgan fingerprint density at radius 1 is 1.40 bits per heavy atom. The maximum Gasteiger partial charge on any atom is 0.226 e. The van der Waals surface area contributed by atoms with Crippen LogP contribution in [-0.2, 0) is 4.79 Å². The number of carbonyl (C=O) groups is 1. The van der Waals surface area contributed by atoms with Gasteiger partial charge in [-0.25, -0.2) is 4.98 Å². The number of amides is 1. The Hall–Kier alpha value is -1.75. The molecule has 106 valence electrons. The van der Waals surface area contributed by atoms with E-state index in [1.807, 2.05) is 39.8 Å². The Balaban J connectivity index is 2.14. The molecule has 0 bridgehead atoms. The van der Waals surface area contributed by atoms with Crippen LogP contribution in [0.3, 0.4) is 0 Å². The minimum absolute atomic E-state index is 0.00369. The lowest BCUT2D eigenvalue weighted by Crippen LogP contribution is -2.19. The van der Waals surface area contributed by atoms with E-state index in [0.717, 1.165) is 16.1 Å². The van der Waals surface area contributed by atoms with Crippen molar-refractivity contribution >= 4 is 22.4 Å². The van der Waals surface area contributed by atoms with Crippen LogP contribution in [0.4, 0.5) is 5.13 Å². The van der Waals surface area contributed by atoms with Gasteiger partial charge in [-0.1, -0.05) is 38.2 Å². The maximum atomic E-state index is 11.9. The van der Waals surface area contributed by atoms with Crippen molar-refractivity contribution in [3.63, 3.8) is 0 Å². The molecule has 1 N–H and O–H groups in total. The van der Waals surface area contributed by atoms with Gasteiger partial charge in [-0.15, -0.1) is 0 Å². The van der Waals surface area contributed by atoms with Crippen molar-refractivity contribution in [3.8, 4) is 10.4 Å². The zero-order valence-electron chi connectivity index (χ0n) is 12.2. The fourth-order valence-corrected chi connectivity index (χ4v) is 2.83. The Labute approximate surface area is 123 Å². The first-order valence-electron chi connectivity index (χ1n) is 6.53. The van der Waals surface area contributed by atoms with Crippen LogP contribution in [0.15, 0.2) is 24.5 Å². The van der Waals surface area contributed by atoms with Crippen molar-refractivity contribution in [1.82, 2.24) is 9.97 Å². The van der Waals surface area contributed by atoms with Gasteiger partial charge >= 0.3 is 0 Å². The van der Waals surface area contributed by atoms with Crippen LogP contribution in [0.2, 0.25) is 0 Å². The number of aromatic nitrogens is 2. The van der Waals surface area contributed by atoms with E-state index in [-0.39, 0.29) is 11.3 Å². The van der Waals surface area contributed by atoms with E-state index in [2.05, 4.69) is 15.3 Å². The molecule has 0 radical (unpaired) electrons. The normalized spacial score (nSPS) is 11.4. The first-order chi connectivity index (χ1) is 9.35. The summed E-state index contributed by atoms with van der Waals surface area (Å²) in [7, 11) is 0. The number of anilines is 1. The second-order valence-corrected chi connectivity index (χ2v) is 6.96. The highest BCUT2D eigenvalue weighted by Crippen LogP contribution is 2.32. The summed E-state index contributed by atoms with van der Waals surface area (Å²) in [5, 5.41) is 3.53. The summed E-state index contributed by atoms with van der Waals surface area (Å²) < 4.78 is 0. The predicted octanol–water partition coefficient (Wildman–Crippen LogP) is 3.89. The molecule has 0 aromatic carbocycles. The molecule has 0 aliphatic rings. The second-order valence-electron chi connectivity index (χ2n) is 5.96. The molecule has 5 heteroatoms. The zero-order valence-corrected chi connectivity index (χ0v) is 13.0. The number of hydrogen-bond donors (Lipinski definition) is 1. The van der Waals surface area contributed by atoms with Gasteiger partial charge in [0, 0.05) is 24.4 Å². The molecule has 0 spiro atoms. The molecule has 2 heterocycles. The molecule has 4 nitrogen and oxygen atoms in total. The van der Waals surface area contributed by atoms with Crippen LogP contribution in [0, 0.1) is 12.3 Å². The lowest BCUT2D eigenvalue weighted by Gasteiger charge is -2.16. The minimum atomic E-state index is -0.0252. The van der Waals surface area contributed by atoms with Crippen molar-refractivity contribution < 1.29 is 4.79 Å². The molecular formula is C15H19N3OS. The SMILES string of the molecule is Cc1nc(NC(=O)CC(C)(C)C)sc1-c1cccnc1. The second kappa shape index (κ2) is 5.71. The fraction of sp³-hybridized carbons (Fsp3) is 0.400. The summed E-state index contributed by atoms with van der Waals surface area (Å²) in [4.78, 5) is 21.5. The Kier molecular flexibility index (Phi) is 4.18. The molecule has 2 aromatic heterocycles. The number of carbonyl (C=O) groups excluding carboxylic acids is 1. The first kappa shape index (κ1) is 14.7. The van der Waals surface area contributed by atoms with E-state index in [9.17, 15) is 4.79 Å². The summed E-state index contributed by atoms with van der Waals surface area (Å²) in [6.07, 6.45) is 4.03. The van der Waals surface area contributed by atoms with Gasteiger partial charge in [-0.2, -0.15) is 0 Å². The molecule has 2 rings (SSSR count). The lowest BCUT2D eigenvalue weighted by atomic mass is 9.92. The van der Waals surface area contributed by atoms with E-state index >= 15 is 0 Å². The molecule has 0 aliphatic carbocycles. The molecule has 0 aliphatic heterocycles. The number of rotatable bonds is 3. The lowest BCUT2D eigenvalue weighted by molar-refractivity contribution is -0.117. The first-order valence-corrected chi connectivity index (χ1v) is 7.34. The average Bonchev–Trinajstić information content (AvgIpc) is 2.68. The summed E-state index contributed by atoms with van der Waals surface area (Å²) in [5.74, 6) is 0.00369. The van der Waals surface area contributed by atoms with Crippen LogP contribution < -0.4 is 5.32 Å². The summed E-state index contributed by atoms with van der Waals surface area (Å²) in [5.41, 5.74) is 1.91. The van der Waals surface area contributed by atoms with Crippen LogP contribution in [0.25, 0.3) is 10.4 Å². The number of nitrogens with one attached hydrogen (secondary N) is 1. The number of pyridine rings is 1. The number of nitrogens with zero attached hydrogens (tertiary/aromatic N) is 2. The summed E-state index contributed by atoms with van der Waals surface area (Å²) in [6, 6.07) is 3.89. The molecular weight excluding hydrogens is 270 g/mol. The van der Waals surface area contributed by atoms with Gasteiger partial charge in [0.05, 0.1) is 10.6 Å². The molecule has 2 aromatic rings. The third-order valence-corrected chi connectivity index (χ3v) is 3.78. The molecule has 20 heavy (non-hydrogen) atoms. The predicted molar refractivity (Wildman–Crippen MR) is 82.8 cm³/mol. The van der Waals surface area contributed by atoms with Crippen LogP contribution in [0.1, 0.15) is 32.9 Å².